The van der Waals surface area contributed by atoms with Crippen molar-refractivity contribution in [2.45, 2.75) is 26.2 Å². The number of oxime groups is 1. The SMILES string of the molecule is CCOc1ccc(NCCCC/C(N)=N/O)cc1F. The summed E-state index contributed by atoms with van der Waals surface area (Å²) in [5.74, 6) is 0.121. The summed E-state index contributed by atoms with van der Waals surface area (Å²) in [5, 5.41) is 14.4. The first-order valence-corrected chi connectivity index (χ1v) is 6.30. The third kappa shape index (κ3) is 5.46. The molecule has 0 aliphatic heterocycles. The van der Waals surface area contributed by atoms with Crippen LogP contribution in [0.4, 0.5) is 10.1 Å². The molecule has 0 saturated heterocycles. The van der Waals surface area contributed by atoms with Gasteiger partial charge in [0.05, 0.1) is 6.61 Å². The molecule has 0 heterocycles. The Kier molecular flexibility index (Phi) is 6.49. The molecule has 0 amide bonds. The lowest BCUT2D eigenvalue weighted by Gasteiger charge is -2.09. The fraction of sp³-hybridized carbons (Fsp3) is 0.462. The van der Waals surface area contributed by atoms with Crippen LogP contribution in [0.1, 0.15) is 26.2 Å². The monoisotopic (exact) mass is 269 g/mol. The summed E-state index contributed by atoms with van der Waals surface area (Å²) in [6, 6.07) is 4.80. The topological polar surface area (TPSA) is 79.9 Å². The van der Waals surface area contributed by atoms with Crippen molar-refractivity contribution in [1.82, 2.24) is 0 Å². The predicted octanol–water partition coefficient (Wildman–Crippen LogP) is 2.55. The molecule has 1 rings (SSSR count). The molecule has 4 N–H and O–H groups in total. The van der Waals surface area contributed by atoms with Crippen LogP contribution in [0.5, 0.6) is 5.75 Å². The molecule has 0 spiro atoms. The van der Waals surface area contributed by atoms with Gasteiger partial charge in [-0.25, -0.2) is 4.39 Å². The van der Waals surface area contributed by atoms with Gasteiger partial charge >= 0.3 is 0 Å². The van der Waals surface area contributed by atoms with E-state index in [1.165, 1.54) is 6.07 Å². The molecule has 0 unspecified atom stereocenters. The summed E-state index contributed by atoms with van der Waals surface area (Å²) in [7, 11) is 0. The van der Waals surface area contributed by atoms with E-state index in [4.69, 9.17) is 15.7 Å². The maximum absolute atomic E-state index is 13.5. The van der Waals surface area contributed by atoms with Gasteiger partial charge in [-0.3, -0.25) is 0 Å². The Balaban J connectivity index is 2.32. The average Bonchev–Trinajstić information content (AvgIpc) is 2.41. The number of hydrogen-bond donors (Lipinski definition) is 3. The lowest BCUT2D eigenvalue weighted by atomic mass is 10.2. The van der Waals surface area contributed by atoms with Gasteiger partial charge in [-0.2, -0.15) is 0 Å². The second-order valence-electron chi connectivity index (χ2n) is 4.05. The Hall–Kier alpha value is -1.98. The fourth-order valence-corrected chi connectivity index (χ4v) is 1.60. The van der Waals surface area contributed by atoms with Crippen LogP contribution in [-0.2, 0) is 0 Å². The molecule has 0 aliphatic carbocycles. The molecule has 1 aromatic rings. The van der Waals surface area contributed by atoms with Gasteiger partial charge < -0.3 is 21.0 Å². The lowest BCUT2D eigenvalue weighted by molar-refractivity contribution is 0.316. The van der Waals surface area contributed by atoms with Crippen molar-refractivity contribution in [3.8, 4) is 5.75 Å². The third-order valence-corrected chi connectivity index (χ3v) is 2.55. The first-order valence-electron chi connectivity index (χ1n) is 6.30. The summed E-state index contributed by atoms with van der Waals surface area (Å²) in [6.07, 6.45) is 2.21. The Morgan fingerprint density at radius 3 is 2.89 bits per heavy atom. The van der Waals surface area contributed by atoms with Crippen LogP contribution in [0.3, 0.4) is 0 Å². The van der Waals surface area contributed by atoms with E-state index in [2.05, 4.69) is 10.5 Å². The number of benzene rings is 1. The maximum Gasteiger partial charge on any atom is 0.167 e. The van der Waals surface area contributed by atoms with Crippen LogP contribution in [0.15, 0.2) is 23.4 Å². The van der Waals surface area contributed by atoms with Gasteiger partial charge in [0, 0.05) is 24.7 Å². The number of amidine groups is 1. The molecule has 0 fully saturated rings. The van der Waals surface area contributed by atoms with Crippen molar-refractivity contribution in [3.05, 3.63) is 24.0 Å². The molecule has 0 radical (unpaired) electrons. The van der Waals surface area contributed by atoms with E-state index >= 15 is 0 Å². The first kappa shape index (κ1) is 15.1. The quantitative estimate of drug-likeness (QED) is 0.223. The second-order valence-corrected chi connectivity index (χ2v) is 4.05. The van der Waals surface area contributed by atoms with Crippen molar-refractivity contribution in [3.63, 3.8) is 0 Å². The van der Waals surface area contributed by atoms with E-state index in [1.54, 1.807) is 12.1 Å². The van der Waals surface area contributed by atoms with E-state index in [9.17, 15) is 4.39 Å². The number of halogens is 1. The van der Waals surface area contributed by atoms with Crippen LogP contribution < -0.4 is 15.8 Å². The summed E-state index contributed by atoms with van der Waals surface area (Å²) >= 11 is 0. The second kappa shape index (κ2) is 8.18. The smallest absolute Gasteiger partial charge is 0.167 e. The van der Waals surface area contributed by atoms with E-state index in [-0.39, 0.29) is 17.4 Å². The average molecular weight is 269 g/mol. The Morgan fingerprint density at radius 2 is 2.26 bits per heavy atom. The molecule has 0 aromatic heterocycles. The van der Waals surface area contributed by atoms with Crippen molar-refractivity contribution in [1.29, 1.82) is 0 Å². The van der Waals surface area contributed by atoms with Crippen LogP contribution in [0, 0.1) is 5.82 Å². The Bertz CT molecular complexity index is 424. The van der Waals surface area contributed by atoms with Gasteiger partial charge in [0.15, 0.2) is 11.6 Å². The molecular formula is C13H20FN3O2. The zero-order chi connectivity index (χ0) is 14.1. The zero-order valence-corrected chi connectivity index (χ0v) is 11.0. The highest BCUT2D eigenvalue weighted by Crippen LogP contribution is 2.21. The normalized spacial score (nSPS) is 11.4. The highest BCUT2D eigenvalue weighted by molar-refractivity contribution is 5.79. The van der Waals surface area contributed by atoms with E-state index in [1.807, 2.05) is 6.92 Å². The van der Waals surface area contributed by atoms with Crippen molar-refractivity contribution in [2.75, 3.05) is 18.5 Å². The Morgan fingerprint density at radius 1 is 1.47 bits per heavy atom. The highest BCUT2D eigenvalue weighted by Gasteiger charge is 2.03. The molecule has 19 heavy (non-hydrogen) atoms. The standard InChI is InChI=1S/C13H20FN3O2/c1-2-19-12-7-6-10(9-11(12)14)16-8-4-3-5-13(15)17-18/h6-7,9,16,18H,2-5,8H2,1H3,(H2,15,17). The summed E-state index contributed by atoms with van der Waals surface area (Å²) in [4.78, 5) is 0. The van der Waals surface area contributed by atoms with Gasteiger partial charge in [-0.05, 0) is 31.9 Å². The predicted molar refractivity (Wildman–Crippen MR) is 73.3 cm³/mol. The number of ether oxygens (including phenoxy) is 1. The highest BCUT2D eigenvalue weighted by atomic mass is 19.1. The summed E-state index contributed by atoms with van der Waals surface area (Å²) < 4.78 is 18.7. The number of nitrogens with two attached hydrogens (primary N) is 1. The van der Waals surface area contributed by atoms with Gasteiger partial charge in [0.25, 0.3) is 0 Å². The fourth-order valence-electron chi connectivity index (χ4n) is 1.60. The molecule has 0 saturated carbocycles. The number of nitrogens with zero attached hydrogens (tertiary/aromatic N) is 1. The molecule has 5 nitrogen and oxygen atoms in total. The van der Waals surface area contributed by atoms with Crippen molar-refractivity contribution < 1.29 is 14.3 Å². The molecule has 106 valence electrons. The van der Waals surface area contributed by atoms with Crippen LogP contribution in [-0.4, -0.2) is 24.2 Å². The van der Waals surface area contributed by atoms with E-state index in [0.717, 1.165) is 12.8 Å². The van der Waals surface area contributed by atoms with E-state index < -0.39 is 0 Å². The van der Waals surface area contributed by atoms with Gasteiger partial charge in [0.2, 0.25) is 0 Å². The number of anilines is 1. The molecule has 6 heteroatoms. The van der Waals surface area contributed by atoms with E-state index in [0.29, 0.717) is 25.3 Å². The van der Waals surface area contributed by atoms with Gasteiger partial charge in [0.1, 0.15) is 5.84 Å². The van der Waals surface area contributed by atoms with Gasteiger partial charge in [-0.1, -0.05) is 5.16 Å². The van der Waals surface area contributed by atoms with Crippen LogP contribution in [0.25, 0.3) is 0 Å². The Labute approximate surface area is 112 Å². The number of nitrogens with one attached hydrogen (secondary N) is 1. The molecular weight excluding hydrogens is 249 g/mol. The largest absolute Gasteiger partial charge is 0.491 e. The first-order chi connectivity index (χ1) is 9.17. The van der Waals surface area contributed by atoms with Crippen LogP contribution >= 0.6 is 0 Å². The lowest BCUT2D eigenvalue weighted by Crippen LogP contribution is -2.11. The maximum atomic E-state index is 13.5. The number of rotatable bonds is 8. The van der Waals surface area contributed by atoms with Crippen molar-refractivity contribution in [2.24, 2.45) is 10.9 Å². The third-order valence-electron chi connectivity index (χ3n) is 2.55. The van der Waals surface area contributed by atoms with Crippen molar-refractivity contribution >= 4 is 11.5 Å². The summed E-state index contributed by atoms with van der Waals surface area (Å²) in [6.45, 7) is 2.96. The minimum absolute atomic E-state index is 0.229. The minimum Gasteiger partial charge on any atom is -0.491 e. The van der Waals surface area contributed by atoms with Crippen LogP contribution in [0.2, 0.25) is 0 Å². The minimum atomic E-state index is -0.372. The molecule has 1 aromatic carbocycles. The molecule has 0 bridgehead atoms. The molecule has 0 atom stereocenters. The number of unbranched alkanes of at least 4 members (excludes halogenated alkanes) is 1. The van der Waals surface area contributed by atoms with Gasteiger partial charge in [-0.15, -0.1) is 0 Å². The summed E-state index contributed by atoms with van der Waals surface area (Å²) in [5.41, 5.74) is 6.06. The number of hydrogen-bond acceptors (Lipinski definition) is 4. The molecule has 0 aliphatic rings. The zero-order valence-electron chi connectivity index (χ0n) is 11.0.